The molecule has 0 radical (unpaired) electrons. The Kier molecular flexibility index (Phi) is 7.33. The van der Waals surface area contributed by atoms with Crippen LogP contribution < -0.4 is 0 Å². The molecule has 0 unspecified atom stereocenters. The molecule has 1 rings (SSSR count). The van der Waals surface area contributed by atoms with Crippen molar-refractivity contribution in [2.75, 3.05) is 32.7 Å². The van der Waals surface area contributed by atoms with E-state index in [0.29, 0.717) is 0 Å². The van der Waals surface area contributed by atoms with Gasteiger partial charge in [-0.1, -0.05) is 44.5 Å². The molecule has 0 fully saturated rings. The molecule has 3 heteroatoms. The molecule has 0 saturated carbocycles. The van der Waals surface area contributed by atoms with E-state index in [0.717, 1.165) is 44.3 Å². The number of hydrogen-bond donors (Lipinski definition) is 0. The smallest absolute Gasteiger partial charge is 0.0409 e. The third kappa shape index (κ3) is 5.38. The van der Waals surface area contributed by atoms with Crippen LogP contribution in [0.15, 0.2) is 24.3 Å². The average Bonchev–Trinajstić information content (AvgIpc) is 2.38. The van der Waals surface area contributed by atoms with Crippen LogP contribution in [0, 0.1) is 0 Å². The maximum absolute atomic E-state index is 6.02. The molecular formula is C15H25ClN2. The van der Waals surface area contributed by atoms with Crippen LogP contribution >= 0.6 is 11.6 Å². The lowest BCUT2D eigenvalue weighted by Crippen LogP contribution is -2.34. The molecule has 0 aliphatic carbocycles. The van der Waals surface area contributed by atoms with Gasteiger partial charge in [-0.3, -0.25) is 4.90 Å². The number of benzene rings is 1. The van der Waals surface area contributed by atoms with Gasteiger partial charge in [0.1, 0.15) is 0 Å². The number of hydrogen-bond acceptors (Lipinski definition) is 2. The minimum absolute atomic E-state index is 0.826. The van der Waals surface area contributed by atoms with Crippen molar-refractivity contribution in [3.63, 3.8) is 0 Å². The van der Waals surface area contributed by atoms with Crippen LogP contribution in [0.1, 0.15) is 26.3 Å². The summed E-state index contributed by atoms with van der Waals surface area (Å²) in [7, 11) is 0. The molecule has 0 spiro atoms. The van der Waals surface area contributed by atoms with E-state index in [1.807, 2.05) is 12.1 Å². The Labute approximate surface area is 117 Å². The van der Waals surface area contributed by atoms with E-state index in [1.165, 1.54) is 5.56 Å². The lowest BCUT2D eigenvalue weighted by Gasteiger charge is -2.25. The molecule has 0 bridgehead atoms. The van der Waals surface area contributed by atoms with Crippen molar-refractivity contribution in [2.24, 2.45) is 0 Å². The Bertz CT molecular complexity index is 337. The van der Waals surface area contributed by atoms with Gasteiger partial charge in [0, 0.05) is 24.7 Å². The van der Waals surface area contributed by atoms with Crippen molar-refractivity contribution in [2.45, 2.75) is 27.3 Å². The third-order valence-electron chi connectivity index (χ3n) is 3.37. The zero-order valence-corrected chi connectivity index (χ0v) is 12.6. The lowest BCUT2D eigenvalue weighted by atomic mass is 10.2. The first-order valence-electron chi connectivity index (χ1n) is 6.88. The maximum Gasteiger partial charge on any atom is 0.0409 e. The first kappa shape index (κ1) is 15.5. The fourth-order valence-corrected chi connectivity index (χ4v) is 2.28. The van der Waals surface area contributed by atoms with Crippen LogP contribution in [0.2, 0.25) is 5.02 Å². The molecule has 102 valence electrons. The Balaban J connectivity index is 2.46. The number of rotatable bonds is 8. The quantitative estimate of drug-likeness (QED) is 0.712. The summed E-state index contributed by atoms with van der Waals surface area (Å²) in [6.45, 7) is 13.2. The van der Waals surface area contributed by atoms with Gasteiger partial charge in [-0.05, 0) is 37.3 Å². The van der Waals surface area contributed by atoms with Crippen LogP contribution in [0.5, 0.6) is 0 Å². The molecule has 2 nitrogen and oxygen atoms in total. The molecule has 0 heterocycles. The third-order valence-corrected chi connectivity index (χ3v) is 3.60. The summed E-state index contributed by atoms with van der Waals surface area (Å²) in [5.74, 6) is 0. The van der Waals surface area contributed by atoms with Crippen molar-refractivity contribution in [1.29, 1.82) is 0 Å². The van der Waals surface area contributed by atoms with Gasteiger partial charge >= 0.3 is 0 Å². The molecule has 0 aliphatic rings. The predicted octanol–water partition coefficient (Wildman–Crippen LogP) is 3.50. The van der Waals surface area contributed by atoms with Crippen LogP contribution in [-0.4, -0.2) is 42.5 Å². The largest absolute Gasteiger partial charge is 0.303 e. The Morgan fingerprint density at radius 1 is 0.944 bits per heavy atom. The lowest BCUT2D eigenvalue weighted by molar-refractivity contribution is 0.215. The molecule has 0 amide bonds. The minimum Gasteiger partial charge on any atom is -0.303 e. The molecular weight excluding hydrogens is 244 g/mol. The highest BCUT2D eigenvalue weighted by atomic mass is 35.5. The van der Waals surface area contributed by atoms with E-state index in [1.54, 1.807) is 0 Å². The highest BCUT2D eigenvalue weighted by molar-refractivity contribution is 6.30. The first-order valence-corrected chi connectivity index (χ1v) is 7.26. The second-order valence-electron chi connectivity index (χ2n) is 4.53. The molecule has 1 aromatic rings. The van der Waals surface area contributed by atoms with E-state index >= 15 is 0 Å². The van der Waals surface area contributed by atoms with Crippen LogP contribution in [0.4, 0.5) is 0 Å². The Morgan fingerprint density at radius 3 is 2.11 bits per heavy atom. The van der Waals surface area contributed by atoms with E-state index < -0.39 is 0 Å². The topological polar surface area (TPSA) is 6.48 Å². The van der Waals surface area contributed by atoms with Crippen LogP contribution in [-0.2, 0) is 6.54 Å². The number of nitrogens with zero attached hydrogens (tertiary/aromatic N) is 2. The SMILES string of the molecule is CCN(CC)CCN(CC)Cc1cccc(Cl)c1. The van der Waals surface area contributed by atoms with Crippen LogP contribution in [0.25, 0.3) is 0 Å². The predicted molar refractivity (Wildman–Crippen MR) is 80.2 cm³/mol. The fourth-order valence-electron chi connectivity index (χ4n) is 2.07. The summed E-state index contributed by atoms with van der Waals surface area (Å²) >= 11 is 6.02. The van der Waals surface area contributed by atoms with Gasteiger partial charge in [0.15, 0.2) is 0 Å². The monoisotopic (exact) mass is 268 g/mol. The second kappa shape index (κ2) is 8.52. The summed E-state index contributed by atoms with van der Waals surface area (Å²) in [5.41, 5.74) is 1.30. The summed E-state index contributed by atoms with van der Waals surface area (Å²) < 4.78 is 0. The van der Waals surface area contributed by atoms with Gasteiger partial charge in [-0.15, -0.1) is 0 Å². The van der Waals surface area contributed by atoms with Gasteiger partial charge < -0.3 is 4.90 Å². The van der Waals surface area contributed by atoms with Gasteiger partial charge in [0.25, 0.3) is 0 Å². The second-order valence-corrected chi connectivity index (χ2v) is 4.96. The molecule has 0 N–H and O–H groups in total. The van der Waals surface area contributed by atoms with Crippen molar-refractivity contribution in [3.05, 3.63) is 34.9 Å². The highest BCUT2D eigenvalue weighted by Gasteiger charge is 2.06. The summed E-state index contributed by atoms with van der Waals surface area (Å²) in [6, 6.07) is 8.15. The minimum atomic E-state index is 0.826. The first-order chi connectivity index (χ1) is 8.69. The Hall–Kier alpha value is -0.570. The van der Waals surface area contributed by atoms with E-state index in [-0.39, 0.29) is 0 Å². The molecule has 1 aromatic carbocycles. The van der Waals surface area contributed by atoms with Crippen molar-refractivity contribution >= 4 is 11.6 Å². The van der Waals surface area contributed by atoms with E-state index in [4.69, 9.17) is 11.6 Å². The van der Waals surface area contributed by atoms with Gasteiger partial charge in [-0.25, -0.2) is 0 Å². The molecule has 0 saturated heterocycles. The summed E-state index contributed by atoms with van der Waals surface area (Å²) in [5, 5.41) is 0.826. The molecule has 0 aromatic heterocycles. The number of likely N-dealkylation sites (N-methyl/N-ethyl adjacent to an activating group) is 2. The van der Waals surface area contributed by atoms with Crippen LogP contribution in [0.3, 0.4) is 0 Å². The van der Waals surface area contributed by atoms with E-state index in [2.05, 4.69) is 42.7 Å². The maximum atomic E-state index is 6.02. The normalized spacial score (nSPS) is 11.4. The molecule has 0 atom stereocenters. The van der Waals surface area contributed by atoms with E-state index in [9.17, 15) is 0 Å². The zero-order chi connectivity index (χ0) is 13.4. The number of halogens is 1. The van der Waals surface area contributed by atoms with Gasteiger partial charge in [-0.2, -0.15) is 0 Å². The average molecular weight is 269 g/mol. The fraction of sp³-hybridized carbons (Fsp3) is 0.600. The molecule has 0 aliphatic heterocycles. The Morgan fingerprint density at radius 2 is 1.56 bits per heavy atom. The van der Waals surface area contributed by atoms with Crippen molar-refractivity contribution in [1.82, 2.24) is 9.80 Å². The van der Waals surface area contributed by atoms with Crippen molar-refractivity contribution in [3.8, 4) is 0 Å². The molecule has 18 heavy (non-hydrogen) atoms. The zero-order valence-electron chi connectivity index (χ0n) is 11.8. The summed E-state index contributed by atoms with van der Waals surface area (Å²) in [6.07, 6.45) is 0. The van der Waals surface area contributed by atoms with Crippen molar-refractivity contribution < 1.29 is 0 Å². The van der Waals surface area contributed by atoms with Gasteiger partial charge in [0.2, 0.25) is 0 Å². The van der Waals surface area contributed by atoms with Gasteiger partial charge in [0.05, 0.1) is 0 Å². The summed E-state index contributed by atoms with van der Waals surface area (Å²) in [4.78, 5) is 4.92. The standard InChI is InChI=1S/C15H25ClN2/c1-4-17(5-2)10-11-18(6-3)13-14-8-7-9-15(16)12-14/h7-9,12H,4-6,10-11,13H2,1-3H3. The highest BCUT2D eigenvalue weighted by Crippen LogP contribution is 2.12.